The summed E-state index contributed by atoms with van der Waals surface area (Å²) in [6.45, 7) is 2.49. The number of hydrogen-bond acceptors (Lipinski definition) is 9. The molecule has 13 nitrogen and oxygen atoms in total. The molecule has 1 aromatic carbocycles. The fraction of sp³-hybridized carbons (Fsp3) is 0.417. The number of urea groups is 1. The van der Waals surface area contributed by atoms with Gasteiger partial charge >= 0.3 is 6.03 Å². The van der Waals surface area contributed by atoms with Crippen LogP contribution >= 0.6 is 0 Å². The molecule has 49 heavy (non-hydrogen) atoms. The summed E-state index contributed by atoms with van der Waals surface area (Å²) in [5.74, 6) is 1.86. The third kappa shape index (κ3) is 6.90. The van der Waals surface area contributed by atoms with Crippen molar-refractivity contribution >= 4 is 29.5 Å². The Bertz CT molecular complexity index is 1820. The summed E-state index contributed by atoms with van der Waals surface area (Å²) in [6, 6.07) is 15.9. The van der Waals surface area contributed by atoms with Crippen LogP contribution in [0.25, 0.3) is 11.1 Å². The molecule has 1 aliphatic carbocycles. The second-order valence-electron chi connectivity index (χ2n) is 13.3. The van der Waals surface area contributed by atoms with Gasteiger partial charge < -0.3 is 20.9 Å². The number of piperidine rings is 1. The zero-order valence-corrected chi connectivity index (χ0v) is 27.7. The van der Waals surface area contributed by atoms with E-state index in [2.05, 4.69) is 37.0 Å². The van der Waals surface area contributed by atoms with Crippen molar-refractivity contribution in [1.82, 2.24) is 35.4 Å². The van der Waals surface area contributed by atoms with E-state index in [1.807, 2.05) is 55.7 Å². The Labute approximate surface area is 285 Å². The number of aromatic nitrogens is 5. The summed E-state index contributed by atoms with van der Waals surface area (Å²) in [4.78, 5) is 44.2. The fourth-order valence-electron chi connectivity index (χ4n) is 7.35. The molecule has 3 aliphatic rings. The topological polar surface area (TPSA) is 157 Å². The molecule has 3 amide bonds. The van der Waals surface area contributed by atoms with Crippen LogP contribution in [0.5, 0.6) is 0 Å². The summed E-state index contributed by atoms with van der Waals surface area (Å²) >= 11 is 0. The Morgan fingerprint density at radius 3 is 2.47 bits per heavy atom. The van der Waals surface area contributed by atoms with Crippen LogP contribution < -0.4 is 25.8 Å². The standard InChI is InChI=1S/C36H41N11O2/c1-45-24-28(23-42-45)26-7-12-31(39-21-26)47(35(49)41-20-25-5-3-2-4-6-25)30-10-8-29(9-11-30)43-34-40-22-27(19-37)32(44-34)46-17-14-36(15-18-46)13-16-38-33(36)48/h2-7,12,21-24,29-30H,8-11,13-18,20H2,1H3,(H,38,48)(H,41,49)(H,40,43,44). The molecule has 2 saturated heterocycles. The third-order valence-corrected chi connectivity index (χ3v) is 10.2. The summed E-state index contributed by atoms with van der Waals surface area (Å²) in [5.41, 5.74) is 3.06. The van der Waals surface area contributed by atoms with E-state index in [0.29, 0.717) is 42.8 Å². The van der Waals surface area contributed by atoms with E-state index in [0.717, 1.165) is 68.2 Å². The van der Waals surface area contributed by atoms with Gasteiger partial charge in [0.25, 0.3) is 0 Å². The molecule has 7 rings (SSSR count). The number of pyridine rings is 1. The van der Waals surface area contributed by atoms with Gasteiger partial charge in [0.15, 0.2) is 5.82 Å². The molecule has 0 radical (unpaired) electrons. The summed E-state index contributed by atoms with van der Waals surface area (Å²) in [6.07, 6.45) is 12.6. The first-order valence-electron chi connectivity index (χ1n) is 17.0. The summed E-state index contributed by atoms with van der Waals surface area (Å²) in [7, 11) is 1.88. The lowest BCUT2D eigenvalue weighted by atomic mass is 9.77. The van der Waals surface area contributed by atoms with Gasteiger partial charge in [-0.1, -0.05) is 30.3 Å². The number of anilines is 3. The molecule has 3 N–H and O–H groups in total. The number of rotatable bonds is 8. The normalized spacial score (nSPS) is 20.0. The first-order valence-corrected chi connectivity index (χ1v) is 17.0. The third-order valence-electron chi connectivity index (χ3n) is 10.2. The van der Waals surface area contributed by atoms with Crippen LogP contribution in [0.2, 0.25) is 0 Å². The molecule has 0 unspecified atom stereocenters. The highest BCUT2D eigenvalue weighted by Gasteiger charge is 2.44. The molecule has 0 atom stereocenters. The van der Waals surface area contributed by atoms with Gasteiger partial charge in [0.05, 0.1) is 17.8 Å². The Hall–Kier alpha value is -5.51. The summed E-state index contributed by atoms with van der Waals surface area (Å²) in [5, 5.41) is 23.7. The van der Waals surface area contributed by atoms with Crippen LogP contribution in [0.4, 0.5) is 22.4 Å². The average Bonchev–Trinajstić information content (AvgIpc) is 3.73. The number of nitrogens with one attached hydrogen (secondary N) is 3. The van der Waals surface area contributed by atoms with Crippen molar-refractivity contribution in [3.05, 3.63) is 78.4 Å². The van der Waals surface area contributed by atoms with Gasteiger partial charge in [-0.2, -0.15) is 15.3 Å². The van der Waals surface area contributed by atoms with E-state index in [1.165, 1.54) is 0 Å². The molecule has 1 saturated carbocycles. The second-order valence-corrected chi connectivity index (χ2v) is 13.3. The predicted octanol–water partition coefficient (Wildman–Crippen LogP) is 4.39. The van der Waals surface area contributed by atoms with Gasteiger partial charge in [-0.25, -0.2) is 14.8 Å². The van der Waals surface area contributed by atoms with Crippen molar-refractivity contribution < 1.29 is 9.59 Å². The Balaban J connectivity index is 1.02. The SMILES string of the molecule is Cn1cc(-c2ccc(N(C(=O)NCc3ccccc3)C3CCC(Nc4ncc(C#N)c(N5CCC6(CCNC6=O)CC5)n4)CC3)nc2)cn1. The smallest absolute Gasteiger partial charge is 0.323 e. The minimum absolute atomic E-state index is 0.0449. The van der Waals surface area contributed by atoms with Crippen molar-refractivity contribution in [1.29, 1.82) is 5.26 Å². The lowest BCUT2D eigenvalue weighted by molar-refractivity contribution is -0.128. The minimum atomic E-state index is -0.292. The van der Waals surface area contributed by atoms with E-state index in [9.17, 15) is 14.9 Å². The van der Waals surface area contributed by atoms with Crippen molar-refractivity contribution in [3.63, 3.8) is 0 Å². The number of amides is 3. The first kappa shape index (κ1) is 32.1. The number of nitrogens with zero attached hydrogens (tertiary/aromatic N) is 8. The highest BCUT2D eigenvalue weighted by Crippen LogP contribution is 2.39. The number of carbonyl (C=O) groups is 2. The van der Waals surface area contributed by atoms with Crippen molar-refractivity contribution in [2.75, 3.05) is 34.8 Å². The highest BCUT2D eigenvalue weighted by atomic mass is 16.2. The van der Waals surface area contributed by atoms with Crippen molar-refractivity contribution in [3.8, 4) is 17.2 Å². The molecule has 4 aromatic rings. The van der Waals surface area contributed by atoms with Gasteiger partial charge in [0, 0.05) is 68.8 Å². The van der Waals surface area contributed by atoms with Crippen molar-refractivity contribution in [2.45, 2.75) is 63.6 Å². The maximum absolute atomic E-state index is 13.8. The number of hydrogen-bond donors (Lipinski definition) is 3. The van der Waals surface area contributed by atoms with Gasteiger partial charge in [-0.3, -0.25) is 14.4 Å². The molecule has 13 heteroatoms. The maximum Gasteiger partial charge on any atom is 0.323 e. The van der Waals surface area contributed by atoms with Crippen LogP contribution in [-0.2, 0) is 18.4 Å². The molecular weight excluding hydrogens is 618 g/mol. The van der Waals surface area contributed by atoms with Crippen LogP contribution in [-0.4, -0.2) is 68.4 Å². The van der Waals surface area contributed by atoms with E-state index in [4.69, 9.17) is 9.97 Å². The fourth-order valence-corrected chi connectivity index (χ4v) is 7.35. The van der Waals surface area contributed by atoms with Gasteiger partial charge in [-0.05, 0) is 62.6 Å². The molecule has 2 aliphatic heterocycles. The van der Waals surface area contributed by atoms with Crippen LogP contribution in [0, 0.1) is 16.7 Å². The molecule has 3 aromatic heterocycles. The molecule has 1 spiro atoms. The zero-order valence-electron chi connectivity index (χ0n) is 27.7. The van der Waals surface area contributed by atoms with E-state index in [1.54, 1.807) is 28.2 Å². The van der Waals surface area contributed by atoms with E-state index >= 15 is 0 Å². The Morgan fingerprint density at radius 2 is 1.82 bits per heavy atom. The number of aryl methyl sites for hydroxylation is 1. The monoisotopic (exact) mass is 659 g/mol. The minimum Gasteiger partial charge on any atom is -0.356 e. The highest BCUT2D eigenvalue weighted by molar-refractivity contribution is 5.91. The number of benzene rings is 1. The second kappa shape index (κ2) is 13.9. The number of carbonyl (C=O) groups excluding carboxylic acids is 2. The largest absolute Gasteiger partial charge is 0.356 e. The Morgan fingerprint density at radius 1 is 1.02 bits per heavy atom. The van der Waals surface area contributed by atoms with Crippen LogP contribution in [0.1, 0.15) is 56.1 Å². The molecule has 252 valence electrons. The van der Waals surface area contributed by atoms with E-state index < -0.39 is 0 Å². The molecule has 3 fully saturated rings. The summed E-state index contributed by atoms with van der Waals surface area (Å²) < 4.78 is 1.75. The zero-order chi connectivity index (χ0) is 33.8. The number of nitriles is 1. The lowest BCUT2D eigenvalue weighted by Crippen LogP contribution is -2.49. The van der Waals surface area contributed by atoms with Gasteiger partial charge in [0.1, 0.15) is 17.5 Å². The first-order chi connectivity index (χ1) is 23.9. The quantitative estimate of drug-likeness (QED) is 0.250. The average molecular weight is 660 g/mol. The van der Waals surface area contributed by atoms with E-state index in [-0.39, 0.29) is 29.4 Å². The van der Waals surface area contributed by atoms with Crippen LogP contribution in [0.15, 0.2) is 67.3 Å². The van der Waals surface area contributed by atoms with Gasteiger partial charge in [-0.15, -0.1) is 0 Å². The molecular formula is C36H41N11O2. The lowest BCUT2D eigenvalue weighted by Gasteiger charge is -2.38. The molecule has 5 heterocycles. The molecule has 0 bridgehead atoms. The van der Waals surface area contributed by atoms with Crippen LogP contribution in [0.3, 0.4) is 0 Å². The van der Waals surface area contributed by atoms with Gasteiger partial charge in [0.2, 0.25) is 11.9 Å². The Kier molecular flexibility index (Phi) is 9.11. The predicted molar refractivity (Wildman–Crippen MR) is 186 cm³/mol. The van der Waals surface area contributed by atoms with Crippen molar-refractivity contribution in [2.24, 2.45) is 12.5 Å². The maximum atomic E-state index is 13.8.